The van der Waals surface area contributed by atoms with Crippen LogP contribution in [0.5, 0.6) is 0 Å². The second kappa shape index (κ2) is 7.63. The van der Waals surface area contributed by atoms with Crippen molar-refractivity contribution in [3.8, 4) is 0 Å². The third kappa shape index (κ3) is 4.73. The number of hydrogen-bond donors (Lipinski definition) is 1. The number of hydrogen-bond acceptors (Lipinski definition) is 3. The molecule has 1 aliphatic rings. The van der Waals surface area contributed by atoms with E-state index in [1.165, 1.54) is 0 Å². The number of likely N-dealkylation sites (tertiary alicyclic amines) is 1. The molecule has 1 N–H and O–H groups in total. The number of carbonyl (C=O) groups is 1. The molecule has 0 radical (unpaired) electrons. The molecule has 2 amide bonds. The van der Waals surface area contributed by atoms with Crippen LogP contribution >= 0.6 is 0 Å². The van der Waals surface area contributed by atoms with E-state index in [9.17, 15) is 13.2 Å². The van der Waals surface area contributed by atoms with Gasteiger partial charge in [-0.05, 0) is 37.3 Å². The topological polar surface area (TPSA) is 66.5 Å². The summed E-state index contributed by atoms with van der Waals surface area (Å²) in [7, 11) is -3.34. The standard InChI is InChI=1S/C16H24N2O3S/c1-14-6-5-11-18(12-9-14)16(19)17-10-13-22(20,21)15-7-3-2-4-8-15/h2-4,7-8,14H,5-6,9-13H2,1H3,(H,17,19). The lowest BCUT2D eigenvalue weighted by molar-refractivity contribution is 0.200. The zero-order valence-corrected chi connectivity index (χ0v) is 13.8. The Kier molecular flexibility index (Phi) is 5.83. The summed E-state index contributed by atoms with van der Waals surface area (Å²) in [5, 5.41) is 2.73. The SMILES string of the molecule is CC1CCCN(C(=O)NCCS(=O)(=O)c2ccccc2)CC1. The Morgan fingerprint density at radius 1 is 1.23 bits per heavy atom. The van der Waals surface area contributed by atoms with E-state index in [-0.39, 0.29) is 18.3 Å². The maximum atomic E-state index is 12.1. The van der Waals surface area contributed by atoms with Crippen molar-refractivity contribution in [3.63, 3.8) is 0 Å². The van der Waals surface area contributed by atoms with Crippen LogP contribution in [0.25, 0.3) is 0 Å². The van der Waals surface area contributed by atoms with Crippen molar-refractivity contribution in [1.82, 2.24) is 10.2 Å². The van der Waals surface area contributed by atoms with Gasteiger partial charge in [-0.25, -0.2) is 13.2 Å². The van der Waals surface area contributed by atoms with Gasteiger partial charge < -0.3 is 10.2 Å². The molecule has 1 atom stereocenters. The molecule has 5 nitrogen and oxygen atoms in total. The monoisotopic (exact) mass is 324 g/mol. The predicted molar refractivity (Wildman–Crippen MR) is 86.5 cm³/mol. The van der Waals surface area contributed by atoms with Crippen LogP contribution < -0.4 is 5.32 Å². The van der Waals surface area contributed by atoms with Crippen LogP contribution in [0.3, 0.4) is 0 Å². The van der Waals surface area contributed by atoms with Gasteiger partial charge in [0.05, 0.1) is 10.6 Å². The molecule has 6 heteroatoms. The molecule has 0 aliphatic carbocycles. The van der Waals surface area contributed by atoms with E-state index in [0.29, 0.717) is 10.8 Å². The Balaban J connectivity index is 1.82. The molecular weight excluding hydrogens is 300 g/mol. The second-order valence-corrected chi connectivity index (χ2v) is 8.00. The summed E-state index contributed by atoms with van der Waals surface area (Å²) in [6, 6.07) is 8.17. The van der Waals surface area contributed by atoms with Crippen molar-refractivity contribution in [2.75, 3.05) is 25.4 Å². The van der Waals surface area contributed by atoms with Gasteiger partial charge in [-0.2, -0.15) is 0 Å². The average molecular weight is 324 g/mol. The van der Waals surface area contributed by atoms with Crippen LogP contribution in [0.2, 0.25) is 0 Å². The first-order valence-electron chi connectivity index (χ1n) is 7.79. The van der Waals surface area contributed by atoms with Crippen LogP contribution in [0, 0.1) is 5.92 Å². The van der Waals surface area contributed by atoms with Gasteiger partial charge in [-0.15, -0.1) is 0 Å². The lowest BCUT2D eigenvalue weighted by Gasteiger charge is -2.21. The van der Waals surface area contributed by atoms with Crippen LogP contribution in [0.4, 0.5) is 4.79 Å². The van der Waals surface area contributed by atoms with Gasteiger partial charge in [0.25, 0.3) is 0 Å². The van der Waals surface area contributed by atoms with Crippen molar-refractivity contribution in [2.24, 2.45) is 5.92 Å². The molecule has 1 aromatic carbocycles. The summed E-state index contributed by atoms with van der Waals surface area (Å²) in [5.74, 6) is 0.573. The Morgan fingerprint density at radius 2 is 1.95 bits per heavy atom. The Bertz CT molecular complexity index is 587. The minimum Gasteiger partial charge on any atom is -0.337 e. The van der Waals surface area contributed by atoms with Crippen molar-refractivity contribution in [1.29, 1.82) is 0 Å². The third-order valence-corrected chi connectivity index (χ3v) is 5.79. The molecule has 0 saturated carbocycles. The van der Waals surface area contributed by atoms with E-state index in [1.807, 2.05) is 0 Å². The van der Waals surface area contributed by atoms with Crippen LogP contribution in [-0.2, 0) is 9.84 Å². The molecule has 2 rings (SSSR count). The number of carbonyl (C=O) groups excluding carboxylic acids is 1. The summed E-state index contributed by atoms with van der Waals surface area (Å²) in [5.41, 5.74) is 0. The fourth-order valence-corrected chi connectivity index (χ4v) is 3.79. The molecule has 0 aromatic heterocycles. The Labute approximate surface area is 132 Å². The lowest BCUT2D eigenvalue weighted by Crippen LogP contribution is -2.42. The molecule has 1 aromatic rings. The average Bonchev–Trinajstić information content (AvgIpc) is 2.72. The summed E-state index contributed by atoms with van der Waals surface area (Å²) in [6.45, 7) is 3.84. The first-order valence-corrected chi connectivity index (χ1v) is 9.45. The minimum atomic E-state index is -3.34. The van der Waals surface area contributed by atoms with E-state index in [4.69, 9.17) is 0 Å². The largest absolute Gasteiger partial charge is 0.337 e. The highest BCUT2D eigenvalue weighted by Crippen LogP contribution is 2.16. The Morgan fingerprint density at radius 3 is 2.68 bits per heavy atom. The molecule has 1 aliphatic heterocycles. The van der Waals surface area contributed by atoms with Crippen LogP contribution in [0.1, 0.15) is 26.2 Å². The summed E-state index contributed by atoms with van der Waals surface area (Å²) in [4.78, 5) is 14.2. The van der Waals surface area contributed by atoms with Gasteiger partial charge in [-0.3, -0.25) is 0 Å². The molecular formula is C16H24N2O3S. The number of nitrogens with one attached hydrogen (secondary N) is 1. The number of nitrogens with zero attached hydrogens (tertiary/aromatic N) is 1. The summed E-state index contributed by atoms with van der Waals surface area (Å²) in [6.07, 6.45) is 3.17. The molecule has 1 saturated heterocycles. The van der Waals surface area contributed by atoms with Crippen molar-refractivity contribution in [3.05, 3.63) is 30.3 Å². The summed E-state index contributed by atoms with van der Waals surface area (Å²) >= 11 is 0. The quantitative estimate of drug-likeness (QED) is 0.924. The smallest absolute Gasteiger partial charge is 0.317 e. The number of amides is 2. The highest BCUT2D eigenvalue weighted by atomic mass is 32.2. The number of urea groups is 1. The molecule has 0 spiro atoms. The van der Waals surface area contributed by atoms with Gasteiger partial charge >= 0.3 is 6.03 Å². The normalized spacial score (nSPS) is 19.5. The van der Waals surface area contributed by atoms with Crippen LogP contribution in [0.15, 0.2) is 35.2 Å². The van der Waals surface area contributed by atoms with Gasteiger partial charge in [0.1, 0.15) is 0 Å². The molecule has 1 fully saturated rings. The second-order valence-electron chi connectivity index (χ2n) is 5.89. The lowest BCUT2D eigenvalue weighted by atomic mass is 10.0. The maximum absolute atomic E-state index is 12.1. The number of sulfone groups is 1. The Hall–Kier alpha value is -1.56. The summed E-state index contributed by atoms with van der Waals surface area (Å²) < 4.78 is 24.2. The van der Waals surface area contributed by atoms with Gasteiger partial charge in [-0.1, -0.05) is 25.1 Å². The third-order valence-electron chi connectivity index (χ3n) is 4.05. The van der Waals surface area contributed by atoms with E-state index >= 15 is 0 Å². The maximum Gasteiger partial charge on any atom is 0.317 e. The molecule has 122 valence electrons. The fourth-order valence-electron chi connectivity index (χ4n) is 2.62. The first-order chi connectivity index (χ1) is 10.5. The minimum absolute atomic E-state index is 0.0764. The zero-order chi connectivity index (χ0) is 16.0. The van der Waals surface area contributed by atoms with Gasteiger partial charge in [0.2, 0.25) is 0 Å². The van der Waals surface area contributed by atoms with E-state index in [1.54, 1.807) is 35.2 Å². The molecule has 1 heterocycles. The van der Waals surface area contributed by atoms with Crippen molar-refractivity contribution < 1.29 is 13.2 Å². The predicted octanol–water partition coefficient (Wildman–Crippen LogP) is 2.29. The van der Waals surface area contributed by atoms with Crippen molar-refractivity contribution >= 4 is 15.9 Å². The molecule has 1 unspecified atom stereocenters. The highest BCUT2D eigenvalue weighted by molar-refractivity contribution is 7.91. The first kappa shape index (κ1) is 16.8. The fraction of sp³-hybridized carbons (Fsp3) is 0.562. The zero-order valence-electron chi connectivity index (χ0n) is 13.0. The molecule has 0 bridgehead atoms. The van der Waals surface area contributed by atoms with E-state index < -0.39 is 9.84 Å². The van der Waals surface area contributed by atoms with Gasteiger partial charge in [0.15, 0.2) is 9.84 Å². The van der Waals surface area contributed by atoms with E-state index in [0.717, 1.165) is 32.4 Å². The van der Waals surface area contributed by atoms with E-state index in [2.05, 4.69) is 12.2 Å². The number of rotatable bonds is 4. The van der Waals surface area contributed by atoms with Crippen LogP contribution in [-0.4, -0.2) is 44.7 Å². The number of benzene rings is 1. The van der Waals surface area contributed by atoms with Gasteiger partial charge in [0, 0.05) is 19.6 Å². The molecule has 22 heavy (non-hydrogen) atoms. The highest BCUT2D eigenvalue weighted by Gasteiger charge is 2.19. The van der Waals surface area contributed by atoms with Crippen molar-refractivity contribution in [2.45, 2.75) is 31.1 Å².